The summed E-state index contributed by atoms with van der Waals surface area (Å²) in [6.45, 7) is 15.5. The van der Waals surface area contributed by atoms with Gasteiger partial charge in [0.05, 0.1) is 91.0 Å². The number of ether oxygens (including phenoxy) is 3. The predicted molar refractivity (Wildman–Crippen MR) is 532 cm³/mol. The molecule has 35 heteroatoms. The van der Waals surface area contributed by atoms with Gasteiger partial charge in [-0.2, -0.15) is 0 Å². The van der Waals surface area contributed by atoms with Crippen LogP contribution in [0.5, 0.6) is 0 Å². The summed E-state index contributed by atoms with van der Waals surface area (Å²) in [5.41, 5.74) is 3.95. The Hall–Kier alpha value is -14.8. The summed E-state index contributed by atoms with van der Waals surface area (Å²) in [4.78, 5) is 130. The number of carbonyl (C=O) groups excluding carboxylic acids is 6. The zero-order valence-electron chi connectivity index (χ0n) is 76.8. The van der Waals surface area contributed by atoms with Gasteiger partial charge in [-0.05, 0) is 219 Å². The van der Waals surface area contributed by atoms with Crippen molar-refractivity contribution in [2.45, 2.75) is 126 Å². The lowest BCUT2D eigenvalue weighted by atomic mass is 9.92. The molecule has 0 saturated heterocycles. The van der Waals surface area contributed by atoms with E-state index in [2.05, 4.69) is 77.8 Å². The van der Waals surface area contributed by atoms with Crippen LogP contribution in [0.3, 0.4) is 0 Å². The summed E-state index contributed by atoms with van der Waals surface area (Å²) in [6.07, 6.45) is 2.37. The number of anilines is 9. The number of hydrogen-bond donors (Lipinski definition) is 9. The first-order valence-corrected chi connectivity index (χ1v) is 47.6. The number of nitrogens with zero attached hydrogens (tertiary/aromatic N) is 9. The Labute approximate surface area is 803 Å². The van der Waals surface area contributed by atoms with Gasteiger partial charge in [-0.3, -0.25) is 43.9 Å². The SMILES string of the molecule is COC(=O)Nc1ccc(Sc2ccc(C(=O)NC(C)(COP(=O)(OCC(C)(NC(=O)c3ccc(Sc4ccc(NC(=O)OC)cc4)c(Nc4ncnc5nc(C(C)C)ccc45)c3)c3ccccc3)OCC(C)(NC(=O)c3ccc(Sc4ccc(NC(=O)OC)cc4)c(Nc4ncnc5nc(C(C)C)ccc45)c3)c3ccccc3)c3ccccc3)cc2Nc2ncnc3nc(C(C)C)ccc23)cc1. The molecule has 0 aliphatic carbocycles. The fraction of sp³-hybridized carbons (Fsp3) is 0.206. The molecule has 137 heavy (non-hydrogen) atoms. The Kier molecular flexibility index (Phi) is 30.6. The van der Waals surface area contributed by atoms with E-state index in [0.29, 0.717) is 116 Å². The third kappa shape index (κ3) is 24.1. The van der Waals surface area contributed by atoms with E-state index in [1.807, 2.05) is 133 Å². The number of fused-ring (bicyclic) bond motifs is 3. The third-order valence-electron chi connectivity index (χ3n) is 22.3. The van der Waals surface area contributed by atoms with Gasteiger partial charge in [-0.1, -0.05) is 168 Å². The Morgan fingerprint density at radius 3 is 0.847 bits per heavy atom. The minimum absolute atomic E-state index is 0.106. The molecule has 0 bridgehead atoms. The highest BCUT2D eigenvalue weighted by molar-refractivity contribution is 8.00. The number of hydrogen-bond acceptors (Lipinski definition) is 28. The number of nitrogens with one attached hydrogen (secondary N) is 9. The number of phosphoric ester groups is 1. The molecule has 3 unspecified atom stereocenters. The van der Waals surface area contributed by atoms with Gasteiger partial charge in [0.15, 0.2) is 16.9 Å². The normalized spacial score (nSPS) is 13.1. The monoisotopic (exact) mass is 1910 g/mol. The zero-order valence-corrected chi connectivity index (χ0v) is 80.2. The van der Waals surface area contributed by atoms with Gasteiger partial charge in [0.1, 0.15) is 36.4 Å². The Bertz CT molecular complexity index is 6340. The molecule has 6 amide bonds. The molecule has 0 aliphatic rings. The highest BCUT2D eigenvalue weighted by Gasteiger charge is 2.43. The maximum atomic E-state index is 17.1. The predicted octanol–water partition coefficient (Wildman–Crippen LogP) is 22.8. The van der Waals surface area contributed by atoms with Crippen LogP contribution >= 0.6 is 43.1 Å². The molecule has 0 fully saturated rings. The topological polar surface area (TPSA) is 399 Å². The molecule has 0 spiro atoms. The van der Waals surface area contributed by atoms with E-state index in [0.717, 1.165) is 31.8 Å². The van der Waals surface area contributed by atoms with E-state index in [-0.39, 0.29) is 34.4 Å². The van der Waals surface area contributed by atoms with E-state index in [1.165, 1.54) is 75.6 Å². The average Bonchev–Trinajstić information content (AvgIpc) is 0.794. The smallest absolute Gasteiger partial charge is 0.453 e. The number of amides is 6. The first-order valence-electron chi connectivity index (χ1n) is 43.6. The summed E-state index contributed by atoms with van der Waals surface area (Å²) in [7, 11) is -1.38. The highest BCUT2D eigenvalue weighted by atomic mass is 32.2. The molecule has 0 radical (unpaired) electrons. The highest BCUT2D eigenvalue weighted by Crippen LogP contribution is 2.54. The number of carbonyl (C=O) groups is 6. The van der Waals surface area contributed by atoms with Crippen molar-refractivity contribution in [3.63, 3.8) is 0 Å². The summed E-state index contributed by atoms with van der Waals surface area (Å²) in [5, 5.41) is 30.1. The van der Waals surface area contributed by atoms with Crippen molar-refractivity contribution in [3.8, 4) is 0 Å². The van der Waals surface area contributed by atoms with E-state index >= 15 is 18.9 Å². The number of benzene rings is 9. The van der Waals surface area contributed by atoms with Crippen LogP contribution in [0, 0.1) is 0 Å². The molecule has 9 aromatic carbocycles. The number of phosphoric acid groups is 1. The van der Waals surface area contributed by atoms with E-state index in [1.54, 1.807) is 185 Å². The lowest BCUT2D eigenvalue weighted by molar-refractivity contribution is 0.0481. The molecule has 698 valence electrons. The Balaban J connectivity index is 0.791. The minimum Gasteiger partial charge on any atom is -0.453 e. The van der Waals surface area contributed by atoms with Crippen LogP contribution in [-0.4, -0.2) is 122 Å². The Morgan fingerprint density at radius 2 is 0.599 bits per heavy atom. The summed E-state index contributed by atoms with van der Waals surface area (Å²) >= 11 is 4.14. The molecule has 3 atom stereocenters. The van der Waals surface area contributed by atoms with Crippen LogP contribution in [0.25, 0.3) is 33.1 Å². The maximum Gasteiger partial charge on any atom is 0.475 e. The lowest BCUT2D eigenvalue weighted by Gasteiger charge is -2.36. The lowest BCUT2D eigenvalue weighted by Crippen LogP contribution is -2.48. The van der Waals surface area contributed by atoms with Gasteiger partial charge in [-0.15, -0.1) is 0 Å². The number of rotatable bonds is 36. The van der Waals surface area contributed by atoms with Gasteiger partial charge in [0.25, 0.3) is 17.7 Å². The fourth-order valence-corrected chi connectivity index (χ4v) is 18.6. The molecule has 9 N–H and O–H groups in total. The fourth-order valence-electron chi connectivity index (χ4n) is 14.5. The van der Waals surface area contributed by atoms with Crippen molar-refractivity contribution in [1.29, 1.82) is 0 Å². The molecule has 0 saturated carbocycles. The second-order valence-electron chi connectivity index (χ2n) is 33.4. The van der Waals surface area contributed by atoms with E-state index < -0.39 is 80.3 Å². The number of methoxy groups -OCH3 is 3. The quantitative estimate of drug-likeness (QED) is 0.0130. The maximum absolute atomic E-state index is 17.1. The van der Waals surface area contributed by atoms with Crippen molar-refractivity contribution < 1.29 is 61.1 Å². The first kappa shape index (κ1) is 96.8. The molecule has 15 rings (SSSR count). The average molecular weight is 1910 g/mol. The van der Waals surface area contributed by atoms with Gasteiger partial charge in [-0.25, -0.2) is 63.8 Å². The molecular weight excluding hydrogens is 1810 g/mol. The van der Waals surface area contributed by atoms with Crippen molar-refractivity contribution in [2.75, 3.05) is 73.1 Å². The van der Waals surface area contributed by atoms with Crippen molar-refractivity contribution in [2.24, 2.45) is 0 Å². The molecule has 31 nitrogen and oxygen atoms in total. The minimum atomic E-state index is -5.22. The van der Waals surface area contributed by atoms with Crippen molar-refractivity contribution in [1.82, 2.24) is 60.8 Å². The second-order valence-corrected chi connectivity index (χ2v) is 38.4. The van der Waals surface area contributed by atoms with Crippen molar-refractivity contribution >= 4 is 164 Å². The summed E-state index contributed by atoms with van der Waals surface area (Å²) in [6, 6.07) is 75.2. The second kappa shape index (κ2) is 43.3. The van der Waals surface area contributed by atoms with Crippen molar-refractivity contribution in [3.05, 3.63) is 324 Å². The molecule has 15 aromatic rings. The molecule has 0 aliphatic heterocycles. The van der Waals surface area contributed by atoms with E-state index in [4.69, 9.17) is 42.7 Å². The van der Waals surface area contributed by atoms with Gasteiger partial charge < -0.3 is 46.1 Å². The van der Waals surface area contributed by atoms with Crippen LogP contribution in [-0.2, 0) is 49.0 Å². The van der Waals surface area contributed by atoms with Gasteiger partial charge >= 0.3 is 26.1 Å². The van der Waals surface area contributed by atoms with Crippen LogP contribution in [0.15, 0.2) is 303 Å². The van der Waals surface area contributed by atoms with Crippen LogP contribution in [0.4, 0.5) is 66.0 Å². The van der Waals surface area contributed by atoms with Gasteiger partial charge in [0.2, 0.25) is 0 Å². The van der Waals surface area contributed by atoms with Crippen LogP contribution in [0.1, 0.15) is 145 Å². The van der Waals surface area contributed by atoms with Gasteiger partial charge in [0, 0.05) is 80.2 Å². The first-order chi connectivity index (χ1) is 66.0. The van der Waals surface area contributed by atoms with Crippen LogP contribution in [0.2, 0.25) is 0 Å². The Morgan fingerprint density at radius 1 is 0.336 bits per heavy atom. The summed E-state index contributed by atoms with van der Waals surface area (Å²) < 4.78 is 52.1. The molecule has 6 heterocycles. The number of pyridine rings is 3. The largest absolute Gasteiger partial charge is 0.475 e. The summed E-state index contributed by atoms with van der Waals surface area (Å²) in [5.74, 6) is -0.267. The molecular formula is C102H99N18O13PS3. The third-order valence-corrected chi connectivity index (χ3v) is 26.9. The number of aromatic nitrogens is 9. The molecule has 6 aromatic heterocycles. The standard InChI is InChI=1S/C102H99N18O13PS3/c1-61(2)79-46-43-76-88(112-79)103-58-106-91(76)115-82-52-64(28-49-85(82)135-73-37-31-70(32-38-73)109-97(124)128-10)94(121)118-100(7,67-22-16-13-17-23-67)55-131-134(127,132-56-101(8,68-24-18-14-19-25-68)119-95(122)65-29-50-86(136-74-39-33-71(34-40-74)110-98(125)129-11)83(53-65)116-92-77-44-47-80(62(3)4)113-89(77)104-59-107-92)133-57-102(9,69-26-20-15-21-27-69)120-96(123)66-30-51-87(137-75-41-35-72(36-42-75)111-99(126)130-12)84(54-66)117-93-78-45-48-81(63(5)6)114-90(78)105-60-108-93/h13-54,58-63H,55-57H2,1-12H3,(H,109,124)(H,110,125)(H,111,126)(H,118,121)(H,119,122)(H,120,123)(H,103,106,112,115)(H,104,107,113,116)(H,105,108,114,117). The zero-order chi connectivity index (χ0) is 96.5. The van der Waals surface area contributed by atoms with E-state index in [9.17, 15) is 14.4 Å². The van der Waals surface area contributed by atoms with Crippen LogP contribution < -0.4 is 47.9 Å².